The maximum atomic E-state index is 13.1. The van der Waals surface area contributed by atoms with Crippen LogP contribution in [-0.2, 0) is 10.0 Å². The summed E-state index contributed by atoms with van der Waals surface area (Å²) in [5, 5.41) is 3.27. The summed E-state index contributed by atoms with van der Waals surface area (Å²) in [7, 11) is -3.43. The summed E-state index contributed by atoms with van der Waals surface area (Å²) in [6.07, 6.45) is 1.72. The third-order valence-corrected chi connectivity index (χ3v) is 6.04. The quantitative estimate of drug-likeness (QED) is 0.878. The third kappa shape index (κ3) is 3.47. The van der Waals surface area contributed by atoms with Crippen LogP contribution in [0.3, 0.4) is 0 Å². The van der Waals surface area contributed by atoms with Gasteiger partial charge in [-0.1, -0.05) is 39.0 Å². The van der Waals surface area contributed by atoms with Crippen molar-refractivity contribution >= 4 is 10.0 Å². The van der Waals surface area contributed by atoms with E-state index in [1.54, 1.807) is 10.4 Å². The van der Waals surface area contributed by atoms with Gasteiger partial charge in [0.25, 0.3) is 0 Å². The van der Waals surface area contributed by atoms with Crippen LogP contribution in [0.2, 0.25) is 0 Å². The average Bonchev–Trinajstić information content (AvgIpc) is 2.98. The number of rotatable bonds is 6. The SMILES string of the molecule is CCCN(C1CCNC1)S(=O)(=O)c1ccccc1C(C)C. The highest BCUT2D eigenvalue weighted by molar-refractivity contribution is 7.89. The van der Waals surface area contributed by atoms with Crippen molar-refractivity contribution in [1.82, 2.24) is 9.62 Å². The van der Waals surface area contributed by atoms with E-state index in [0.29, 0.717) is 11.4 Å². The zero-order valence-electron chi connectivity index (χ0n) is 13.2. The van der Waals surface area contributed by atoms with Crippen molar-refractivity contribution in [2.24, 2.45) is 0 Å². The monoisotopic (exact) mass is 310 g/mol. The van der Waals surface area contributed by atoms with Crippen LogP contribution in [-0.4, -0.2) is 38.4 Å². The van der Waals surface area contributed by atoms with Crippen molar-refractivity contribution < 1.29 is 8.42 Å². The minimum atomic E-state index is -3.43. The van der Waals surface area contributed by atoms with E-state index >= 15 is 0 Å². The lowest BCUT2D eigenvalue weighted by Crippen LogP contribution is -2.42. The standard InChI is InChI=1S/C16H26N2O2S/c1-4-11-18(14-9-10-17-12-14)21(19,20)16-8-6-5-7-15(16)13(2)3/h5-8,13-14,17H,4,9-12H2,1-3H3. The van der Waals surface area contributed by atoms with Crippen molar-refractivity contribution in [1.29, 1.82) is 0 Å². The molecular formula is C16H26N2O2S. The van der Waals surface area contributed by atoms with Crippen LogP contribution in [0.25, 0.3) is 0 Å². The molecule has 1 unspecified atom stereocenters. The highest BCUT2D eigenvalue weighted by Gasteiger charge is 2.33. The van der Waals surface area contributed by atoms with Gasteiger partial charge < -0.3 is 5.32 Å². The normalized spacial score (nSPS) is 19.6. The molecule has 0 radical (unpaired) electrons. The average molecular weight is 310 g/mol. The summed E-state index contributed by atoms with van der Waals surface area (Å²) in [5.41, 5.74) is 0.907. The largest absolute Gasteiger partial charge is 0.315 e. The fourth-order valence-electron chi connectivity index (χ4n) is 2.92. The Morgan fingerprint density at radius 2 is 2.05 bits per heavy atom. The van der Waals surface area contributed by atoms with E-state index in [0.717, 1.165) is 31.5 Å². The minimum absolute atomic E-state index is 0.0789. The summed E-state index contributed by atoms with van der Waals surface area (Å²) in [4.78, 5) is 0.473. The highest BCUT2D eigenvalue weighted by atomic mass is 32.2. The second kappa shape index (κ2) is 6.90. The van der Waals surface area contributed by atoms with Gasteiger partial charge in [-0.2, -0.15) is 4.31 Å². The summed E-state index contributed by atoms with van der Waals surface area (Å²) in [6.45, 7) is 8.33. The van der Waals surface area contributed by atoms with Crippen molar-refractivity contribution in [2.45, 2.75) is 50.5 Å². The fraction of sp³-hybridized carbons (Fsp3) is 0.625. The molecule has 1 fully saturated rings. The number of sulfonamides is 1. The van der Waals surface area contributed by atoms with Crippen molar-refractivity contribution in [2.75, 3.05) is 19.6 Å². The molecule has 4 nitrogen and oxygen atoms in total. The molecule has 1 aliphatic heterocycles. The molecule has 21 heavy (non-hydrogen) atoms. The van der Waals surface area contributed by atoms with Crippen molar-refractivity contribution in [3.8, 4) is 0 Å². The first kappa shape index (κ1) is 16.5. The van der Waals surface area contributed by atoms with E-state index in [2.05, 4.69) is 5.32 Å². The highest BCUT2D eigenvalue weighted by Crippen LogP contribution is 2.28. The molecule has 118 valence electrons. The Balaban J connectivity index is 2.43. The van der Waals surface area contributed by atoms with Gasteiger partial charge in [0.15, 0.2) is 0 Å². The topological polar surface area (TPSA) is 49.4 Å². The minimum Gasteiger partial charge on any atom is -0.315 e. The maximum absolute atomic E-state index is 13.1. The van der Waals surface area contributed by atoms with Gasteiger partial charge in [0, 0.05) is 19.1 Å². The molecule has 1 aromatic rings. The predicted molar refractivity (Wildman–Crippen MR) is 86.0 cm³/mol. The first-order valence-corrected chi connectivity index (χ1v) is 9.24. The Hall–Kier alpha value is -0.910. The Kier molecular flexibility index (Phi) is 5.41. The number of hydrogen-bond acceptors (Lipinski definition) is 3. The van der Waals surface area contributed by atoms with E-state index in [1.165, 1.54) is 0 Å². The Morgan fingerprint density at radius 3 is 2.62 bits per heavy atom. The number of nitrogens with one attached hydrogen (secondary N) is 1. The predicted octanol–water partition coefficient (Wildman–Crippen LogP) is 2.57. The lowest BCUT2D eigenvalue weighted by Gasteiger charge is -2.28. The van der Waals surface area contributed by atoms with E-state index in [-0.39, 0.29) is 12.0 Å². The van der Waals surface area contributed by atoms with E-state index in [1.807, 2.05) is 39.0 Å². The summed E-state index contributed by atoms with van der Waals surface area (Å²) in [5.74, 6) is 0.196. The van der Waals surface area contributed by atoms with Gasteiger partial charge in [-0.25, -0.2) is 8.42 Å². The molecule has 1 aromatic carbocycles. The molecule has 5 heteroatoms. The fourth-order valence-corrected chi connectivity index (χ4v) is 5.02. The van der Waals surface area contributed by atoms with Gasteiger partial charge in [-0.15, -0.1) is 0 Å². The van der Waals surface area contributed by atoms with E-state index in [4.69, 9.17) is 0 Å². The second-order valence-corrected chi connectivity index (χ2v) is 7.81. The summed E-state index contributed by atoms with van der Waals surface area (Å²) < 4.78 is 28.0. The van der Waals surface area contributed by atoms with Gasteiger partial charge in [-0.05, 0) is 36.9 Å². The van der Waals surface area contributed by atoms with E-state index < -0.39 is 10.0 Å². The molecule has 1 N–H and O–H groups in total. The summed E-state index contributed by atoms with van der Waals surface area (Å²) in [6, 6.07) is 7.48. The first-order valence-electron chi connectivity index (χ1n) is 7.80. The molecule has 1 saturated heterocycles. The smallest absolute Gasteiger partial charge is 0.243 e. The van der Waals surface area contributed by atoms with Crippen LogP contribution in [0, 0.1) is 0 Å². The molecule has 1 heterocycles. The van der Waals surface area contributed by atoms with Crippen LogP contribution >= 0.6 is 0 Å². The zero-order valence-corrected chi connectivity index (χ0v) is 14.0. The molecular weight excluding hydrogens is 284 g/mol. The van der Waals surface area contributed by atoms with Gasteiger partial charge >= 0.3 is 0 Å². The Morgan fingerprint density at radius 1 is 1.33 bits per heavy atom. The molecule has 0 spiro atoms. The van der Waals surface area contributed by atoms with Crippen molar-refractivity contribution in [3.05, 3.63) is 29.8 Å². The maximum Gasteiger partial charge on any atom is 0.243 e. The molecule has 0 amide bonds. The zero-order chi connectivity index (χ0) is 15.5. The lowest BCUT2D eigenvalue weighted by atomic mass is 10.0. The molecule has 0 aliphatic carbocycles. The van der Waals surface area contributed by atoms with Crippen LogP contribution < -0.4 is 5.32 Å². The van der Waals surface area contributed by atoms with Gasteiger partial charge in [0.05, 0.1) is 4.90 Å². The number of hydrogen-bond donors (Lipinski definition) is 1. The van der Waals surface area contributed by atoms with Gasteiger partial charge in [-0.3, -0.25) is 0 Å². The molecule has 2 rings (SSSR count). The lowest BCUT2D eigenvalue weighted by molar-refractivity contribution is 0.334. The molecule has 1 atom stereocenters. The van der Waals surface area contributed by atoms with Crippen LogP contribution in [0.15, 0.2) is 29.2 Å². The third-order valence-electron chi connectivity index (χ3n) is 4.01. The number of benzene rings is 1. The van der Waals surface area contributed by atoms with E-state index in [9.17, 15) is 8.42 Å². The molecule has 1 aliphatic rings. The van der Waals surface area contributed by atoms with Gasteiger partial charge in [0.1, 0.15) is 0 Å². The second-order valence-electron chi connectivity index (χ2n) is 5.95. The molecule has 0 saturated carbocycles. The Labute approximate surface area is 128 Å². The van der Waals surface area contributed by atoms with Crippen LogP contribution in [0.1, 0.15) is 45.1 Å². The van der Waals surface area contributed by atoms with Crippen LogP contribution in [0.5, 0.6) is 0 Å². The molecule has 0 aromatic heterocycles. The summed E-state index contributed by atoms with van der Waals surface area (Å²) >= 11 is 0. The van der Waals surface area contributed by atoms with Crippen LogP contribution in [0.4, 0.5) is 0 Å². The Bertz CT molecular complexity index is 563. The first-order chi connectivity index (χ1) is 9.98. The van der Waals surface area contributed by atoms with Gasteiger partial charge in [0.2, 0.25) is 10.0 Å². The molecule has 0 bridgehead atoms. The number of nitrogens with zero attached hydrogens (tertiary/aromatic N) is 1. The van der Waals surface area contributed by atoms with Crippen molar-refractivity contribution in [3.63, 3.8) is 0 Å².